The molecule has 1 atom stereocenters. The number of carbonyl (C=O) groups excluding carboxylic acids is 2. The summed E-state index contributed by atoms with van der Waals surface area (Å²) in [7, 11) is 0. The molecule has 1 saturated heterocycles. The fourth-order valence-corrected chi connectivity index (χ4v) is 4.05. The third-order valence-electron chi connectivity index (χ3n) is 5.48. The van der Waals surface area contributed by atoms with Gasteiger partial charge in [0.2, 0.25) is 5.91 Å². The largest absolute Gasteiger partial charge is 0.459 e. The van der Waals surface area contributed by atoms with Crippen LogP contribution >= 0.6 is 11.6 Å². The maximum absolute atomic E-state index is 12.3. The molecule has 1 fully saturated rings. The van der Waals surface area contributed by atoms with Gasteiger partial charge in [0.25, 0.3) is 5.91 Å². The van der Waals surface area contributed by atoms with E-state index in [0.29, 0.717) is 51.3 Å². The van der Waals surface area contributed by atoms with Crippen LogP contribution in [0.1, 0.15) is 23.4 Å². The fourth-order valence-electron chi connectivity index (χ4n) is 3.84. The number of anilines is 2. The highest BCUT2D eigenvalue weighted by Gasteiger charge is 2.19. The van der Waals surface area contributed by atoms with Crippen LogP contribution in [0.2, 0.25) is 5.02 Å². The number of pyridine rings is 1. The zero-order valence-electron chi connectivity index (χ0n) is 17.5. The van der Waals surface area contributed by atoms with E-state index in [1.54, 1.807) is 42.6 Å². The minimum absolute atomic E-state index is 0.0346. The first-order valence-corrected chi connectivity index (χ1v) is 10.9. The van der Waals surface area contributed by atoms with Gasteiger partial charge >= 0.3 is 0 Å². The van der Waals surface area contributed by atoms with E-state index in [9.17, 15) is 9.59 Å². The van der Waals surface area contributed by atoms with Crippen molar-refractivity contribution in [2.75, 3.05) is 23.7 Å². The normalized spacial score (nSPS) is 15.6. The number of H-pyrrole nitrogens is 1. The molecular weight excluding hydrogens is 444 g/mol. The monoisotopic (exact) mass is 464 g/mol. The molecule has 0 saturated carbocycles. The number of rotatable bonds is 6. The average molecular weight is 465 g/mol. The number of carbonyl (C=O) groups is 2. The van der Waals surface area contributed by atoms with Crippen molar-refractivity contribution in [1.82, 2.24) is 20.3 Å². The predicted molar refractivity (Wildman–Crippen MR) is 125 cm³/mol. The number of aromatic amines is 1. The zero-order chi connectivity index (χ0) is 22.8. The van der Waals surface area contributed by atoms with Crippen LogP contribution in [0.3, 0.4) is 0 Å². The van der Waals surface area contributed by atoms with Crippen molar-refractivity contribution in [3.05, 3.63) is 59.6 Å². The number of hydrogen-bond donors (Lipinski definition) is 4. The summed E-state index contributed by atoms with van der Waals surface area (Å²) in [6.07, 6.45) is 4.51. The molecule has 10 heteroatoms. The molecule has 3 aromatic heterocycles. The summed E-state index contributed by atoms with van der Waals surface area (Å²) in [5.41, 5.74) is 2.89. The van der Waals surface area contributed by atoms with Gasteiger partial charge in [0, 0.05) is 17.7 Å². The summed E-state index contributed by atoms with van der Waals surface area (Å²) in [4.78, 5) is 36.7. The third-order valence-corrected chi connectivity index (χ3v) is 5.81. The number of halogens is 1. The number of furan rings is 1. The molecule has 2 amide bonds. The molecule has 33 heavy (non-hydrogen) atoms. The van der Waals surface area contributed by atoms with Gasteiger partial charge in [-0.2, -0.15) is 0 Å². The van der Waals surface area contributed by atoms with E-state index in [1.165, 1.54) is 6.26 Å². The Bertz CT molecular complexity index is 1310. The van der Waals surface area contributed by atoms with Crippen LogP contribution in [0.25, 0.3) is 22.6 Å². The highest BCUT2D eigenvalue weighted by atomic mass is 35.5. The fraction of sp³-hybridized carbons (Fsp3) is 0.217. The number of imidazole rings is 1. The Morgan fingerprint density at radius 3 is 2.88 bits per heavy atom. The molecule has 5 rings (SSSR count). The van der Waals surface area contributed by atoms with Crippen molar-refractivity contribution in [2.24, 2.45) is 5.92 Å². The van der Waals surface area contributed by atoms with Gasteiger partial charge in [0.05, 0.1) is 28.7 Å². The van der Waals surface area contributed by atoms with Crippen LogP contribution in [0.5, 0.6) is 0 Å². The number of nitrogens with one attached hydrogen (secondary N) is 4. The minimum atomic E-state index is -0.367. The van der Waals surface area contributed by atoms with Gasteiger partial charge in [-0.1, -0.05) is 11.6 Å². The Kier molecular flexibility index (Phi) is 5.80. The van der Waals surface area contributed by atoms with Gasteiger partial charge in [-0.05, 0) is 61.8 Å². The predicted octanol–water partition coefficient (Wildman–Crippen LogP) is 4.06. The SMILES string of the molecule is O=C(C[C@@H]1CCNC1)Nc1cnc2nc(-c3cc(NC(=O)c4ccco4)ccc3Cl)[nH]c2c1. The van der Waals surface area contributed by atoms with Gasteiger partial charge in [-0.3, -0.25) is 9.59 Å². The molecule has 1 aromatic carbocycles. The van der Waals surface area contributed by atoms with Crippen LogP contribution in [0, 0.1) is 5.92 Å². The van der Waals surface area contributed by atoms with Crippen molar-refractivity contribution in [3.63, 3.8) is 0 Å². The quantitative estimate of drug-likeness (QED) is 0.341. The maximum atomic E-state index is 12.3. The molecule has 1 aliphatic rings. The van der Waals surface area contributed by atoms with Crippen molar-refractivity contribution in [3.8, 4) is 11.4 Å². The number of fused-ring (bicyclic) bond motifs is 1. The second-order valence-electron chi connectivity index (χ2n) is 7.92. The summed E-state index contributed by atoms with van der Waals surface area (Å²) in [6.45, 7) is 1.83. The van der Waals surface area contributed by atoms with E-state index >= 15 is 0 Å². The zero-order valence-corrected chi connectivity index (χ0v) is 18.3. The molecule has 4 N–H and O–H groups in total. The van der Waals surface area contributed by atoms with Crippen molar-refractivity contribution in [2.45, 2.75) is 12.8 Å². The molecule has 0 spiro atoms. The van der Waals surface area contributed by atoms with E-state index in [2.05, 4.69) is 30.9 Å². The smallest absolute Gasteiger partial charge is 0.291 e. The second-order valence-corrected chi connectivity index (χ2v) is 8.32. The minimum Gasteiger partial charge on any atom is -0.459 e. The van der Waals surface area contributed by atoms with Gasteiger partial charge in [0.1, 0.15) is 5.82 Å². The molecule has 1 aliphatic heterocycles. The lowest BCUT2D eigenvalue weighted by Gasteiger charge is -2.08. The van der Waals surface area contributed by atoms with Crippen molar-refractivity contribution in [1.29, 1.82) is 0 Å². The Labute approximate surface area is 193 Å². The molecule has 0 unspecified atom stereocenters. The first kappa shape index (κ1) is 21.2. The summed E-state index contributed by atoms with van der Waals surface area (Å²) in [6, 6.07) is 10.1. The van der Waals surface area contributed by atoms with Crippen molar-refractivity contribution < 1.29 is 14.0 Å². The molecular formula is C23H21ClN6O3. The number of nitrogens with zero attached hydrogens (tertiary/aromatic N) is 2. The molecule has 0 bridgehead atoms. The molecule has 0 aliphatic carbocycles. The number of amides is 2. The highest BCUT2D eigenvalue weighted by Crippen LogP contribution is 2.30. The maximum Gasteiger partial charge on any atom is 0.291 e. The average Bonchev–Trinajstić information content (AvgIpc) is 3.56. The van der Waals surface area contributed by atoms with E-state index in [0.717, 1.165) is 19.5 Å². The van der Waals surface area contributed by atoms with Gasteiger partial charge in [-0.25, -0.2) is 9.97 Å². The Balaban J connectivity index is 1.35. The summed E-state index contributed by atoms with van der Waals surface area (Å²) in [5, 5.41) is 9.41. The molecule has 9 nitrogen and oxygen atoms in total. The number of benzene rings is 1. The number of hydrogen-bond acceptors (Lipinski definition) is 6. The Morgan fingerprint density at radius 2 is 2.09 bits per heavy atom. The van der Waals surface area contributed by atoms with Gasteiger partial charge < -0.3 is 25.4 Å². The molecule has 4 aromatic rings. The highest BCUT2D eigenvalue weighted by molar-refractivity contribution is 6.33. The van der Waals surface area contributed by atoms with Crippen LogP contribution in [0.15, 0.2) is 53.3 Å². The lowest BCUT2D eigenvalue weighted by Crippen LogP contribution is -2.18. The van der Waals surface area contributed by atoms with Gasteiger partial charge in [-0.15, -0.1) is 0 Å². The van der Waals surface area contributed by atoms with E-state index in [4.69, 9.17) is 16.0 Å². The Hall–Kier alpha value is -3.69. The number of aromatic nitrogens is 3. The Morgan fingerprint density at radius 1 is 1.18 bits per heavy atom. The van der Waals surface area contributed by atoms with Gasteiger partial charge in [0.15, 0.2) is 11.4 Å². The summed E-state index contributed by atoms with van der Waals surface area (Å²) < 4.78 is 5.12. The van der Waals surface area contributed by atoms with Crippen LogP contribution in [-0.2, 0) is 4.79 Å². The standard InChI is InChI=1S/C23H21ClN6O3/c24-17-4-3-14(28-23(32)19-2-1-7-33-19)9-16(17)21-29-18-10-15(12-26-22(18)30-21)27-20(31)8-13-5-6-25-11-13/h1-4,7,9-10,12-13,25H,5-6,8,11H2,(H,27,31)(H,28,32)(H,26,29,30)/t13-/m0/s1. The first-order valence-electron chi connectivity index (χ1n) is 10.6. The van der Waals surface area contributed by atoms with Crippen molar-refractivity contribution >= 4 is 46.0 Å². The van der Waals surface area contributed by atoms with Crippen LogP contribution < -0.4 is 16.0 Å². The third kappa shape index (κ3) is 4.74. The summed E-state index contributed by atoms with van der Waals surface area (Å²) in [5.74, 6) is 0.666. The van der Waals surface area contributed by atoms with Crippen LogP contribution in [0.4, 0.5) is 11.4 Å². The molecule has 0 radical (unpaired) electrons. The van der Waals surface area contributed by atoms with E-state index in [-0.39, 0.29) is 17.6 Å². The second kappa shape index (κ2) is 9.05. The molecule has 168 valence electrons. The van der Waals surface area contributed by atoms with E-state index < -0.39 is 0 Å². The topological polar surface area (TPSA) is 125 Å². The lowest BCUT2D eigenvalue weighted by atomic mass is 10.0. The van der Waals surface area contributed by atoms with Crippen LogP contribution in [-0.4, -0.2) is 39.9 Å². The lowest BCUT2D eigenvalue weighted by molar-refractivity contribution is -0.116. The molecule has 4 heterocycles. The first-order chi connectivity index (χ1) is 16.0. The van der Waals surface area contributed by atoms with E-state index in [1.807, 2.05) is 0 Å². The summed E-state index contributed by atoms with van der Waals surface area (Å²) >= 11 is 6.40.